The van der Waals surface area contributed by atoms with Crippen molar-refractivity contribution in [3.8, 4) is 6.07 Å². The molecule has 0 amide bonds. The van der Waals surface area contributed by atoms with E-state index in [2.05, 4.69) is 0 Å². The van der Waals surface area contributed by atoms with Crippen molar-refractivity contribution < 1.29 is 29.1 Å². The van der Waals surface area contributed by atoms with Crippen molar-refractivity contribution in [2.24, 2.45) is 0 Å². The molecule has 0 unspecified atom stereocenters. The Kier molecular flexibility index (Phi) is 7.66. The second-order valence-electron chi connectivity index (χ2n) is 6.27. The van der Waals surface area contributed by atoms with Crippen LogP contribution in [0.15, 0.2) is 46.8 Å². The molecule has 0 spiro atoms. The molecule has 0 fully saturated rings. The highest BCUT2D eigenvalue weighted by Gasteiger charge is 2.34. The number of esters is 1. The number of carboxylic acid groups (broad SMARTS) is 1. The lowest BCUT2D eigenvalue weighted by Gasteiger charge is -2.35. The number of aliphatic carboxylic acids is 1. The number of methoxy groups -OCH3 is 1. The Balaban J connectivity index is 2.62. The zero-order valence-electron chi connectivity index (χ0n) is 16.6. The van der Waals surface area contributed by atoms with Gasteiger partial charge < -0.3 is 19.5 Å². The van der Waals surface area contributed by atoms with E-state index in [1.54, 1.807) is 11.8 Å². The minimum Gasteiger partial charge on any atom is -0.478 e. The van der Waals surface area contributed by atoms with E-state index in [-0.39, 0.29) is 42.9 Å². The van der Waals surface area contributed by atoms with Crippen LogP contribution < -0.4 is 4.90 Å². The Morgan fingerprint density at radius 3 is 2.43 bits per heavy atom. The maximum atomic E-state index is 12.6. The molecule has 0 radical (unpaired) electrons. The van der Waals surface area contributed by atoms with Crippen LogP contribution in [0.25, 0.3) is 0 Å². The third-order valence-electron chi connectivity index (χ3n) is 4.48. The third-order valence-corrected chi connectivity index (χ3v) is 4.48. The van der Waals surface area contributed by atoms with Gasteiger partial charge in [-0.3, -0.25) is 10.1 Å². The first kappa shape index (κ1) is 22.6. The molecule has 0 saturated heterocycles. The van der Waals surface area contributed by atoms with Gasteiger partial charge in [-0.05, 0) is 18.6 Å². The second-order valence-corrected chi connectivity index (χ2v) is 6.27. The number of carboxylic acids is 1. The number of carbonyl (C=O) groups is 2. The third kappa shape index (κ3) is 4.82. The topological polar surface area (TPSA) is 143 Å². The molecule has 0 bridgehead atoms. The fourth-order valence-electron chi connectivity index (χ4n) is 3.17. The predicted molar refractivity (Wildman–Crippen MR) is 105 cm³/mol. The van der Waals surface area contributed by atoms with Gasteiger partial charge in [-0.1, -0.05) is 6.92 Å². The fraction of sp³-hybridized carbons (Fsp3) is 0.350. The number of nitriles is 1. The van der Waals surface area contributed by atoms with Gasteiger partial charge in [0, 0.05) is 37.0 Å². The average Bonchev–Trinajstić information content (AvgIpc) is 2.73. The number of rotatable bonds is 9. The summed E-state index contributed by atoms with van der Waals surface area (Å²) in [6, 6.07) is 7.43. The number of hydrogen-bond acceptors (Lipinski definition) is 8. The first-order valence-corrected chi connectivity index (χ1v) is 9.10. The van der Waals surface area contributed by atoms with Crippen molar-refractivity contribution in [3.63, 3.8) is 0 Å². The minimum atomic E-state index is -1.22. The molecule has 1 N–H and O–H groups in total. The summed E-state index contributed by atoms with van der Waals surface area (Å²) in [5.41, 5.74) is 1.27. The Bertz CT molecular complexity index is 942. The normalized spacial score (nSPS) is 13.8. The highest BCUT2D eigenvalue weighted by Crippen LogP contribution is 2.38. The summed E-state index contributed by atoms with van der Waals surface area (Å²) in [5, 5.41) is 29.4. The van der Waals surface area contributed by atoms with Crippen molar-refractivity contribution in [2.45, 2.75) is 26.2 Å². The molecule has 0 saturated carbocycles. The van der Waals surface area contributed by atoms with E-state index in [1.807, 2.05) is 6.07 Å². The number of hydrogen-bond donors (Lipinski definition) is 1. The van der Waals surface area contributed by atoms with Gasteiger partial charge >= 0.3 is 11.9 Å². The van der Waals surface area contributed by atoms with Crippen molar-refractivity contribution in [3.05, 3.63) is 56.9 Å². The van der Waals surface area contributed by atoms with Gasteiger partial charge in [-0.25, -0.2) is 9.59 Å². The number of non-ortho nitro benzene ring substituents is 1. The number of nitrogens with zero attached hydrogens (tertiary/aromatic N) is 3. The van der Waals surface area contributed by atoms with Crippen LogP contribution in [-0.4, -0.2) is 42.3 Å². The Labute approximate surface area is 172 Å². The van der Waals surface area contributed by atoms with Crippen molar-refractivity contribution >= 4 is 23.3 Å². The monoisotopic (exact) mass is 415 g/mol. The molecule has 1 aromatic rings. The van der Waals surface area contributed by atoms with Crippen LogP contribution >= 0.6 is 0 Å². The highest BCUT2D eigenvalue weighted by atomic mass is 16.6. The van der Waals surface area contributed by atoms with E-state index in [4.69, 9.17) is 14.7 Å². The fourth-order valence-corrected chi connectivity index (χ4v) is 3.17. The molecule has 1 aliphatic heterocycles. The number of nitro benzene ring substituents is 1. The summed E-state index contributed by atoms with van der Waals surface area (Å²) in [6.07, 6.45) is 0.217. The van der Waals surface area contributed by atoms with Crippen LogP contribution in [0, 0.1) is 21.4 Å². The van der Waals surface area contributed by atoms with Crippen molar-refractivity contribution in [1.82, 2.24) is 0 Å². The molecule has 1 aliphatic rings. The quantitative estimate of drug-likeness (QED) is 0.278. The predicted octanol–water partition coefficient (Wildman–Crippen LogP) is 2.91. The van der Waals surface area contributed by atoms with Gasteiger partial charge in [0.15, 0.2) is 0 Å². The number of allylic oxidation sites excluding steroid dienone is 1. The lowest BCUT2D eigenvalue weighted by atomic mass is 9.94. The average molecular weight is 415 g/mol. The largest absolute Gasteiger partial charge is 0.478 e. The van der Waals surface area contributed by atoms with Gasteiger partial charge in [-0.2, -0.15) is 5.26 Å². The van der Waals surface area contributed by atoms with Crippen LogP contribution in [0.3, 0.4) is 0 Å². The van der Waals surface area contributed by atoms with E-state index < -0.39 is 16.9 Å². The van der Waals surface area contributed by atoms with Gasteiger partial charge in [-0.15, -0.1) is 0 Å². The molecular formula is C20H21N3O7. The molecule has 0 aromatic heterocycles. The van der Waals surface area contributed by atoms with E-state index in [0.29, 0.717) is 23.5 Å². The molecule has 2 rings (SSSR count). The summed E-state index contributed by atoms with van der Waals surface area (Å²) in [4.78, 5) is 36.6. The molecule has 1 aromatic carbocycles. The minimum absolute atomic E-state index is 0.0170. The molecule has 10 heteroatoms. The Morgan fingerprint density at radius 1 is 1.27 bits per heavy atom. The Hall–Kier alpha value is -3.71. The van der Waals surface area contributed by atoms with Crippen LogP contribution in [-0.2, 0) is 19.1 Å². The molecule has 158 valence electrons. The van der Waals surface area contributed by atoms with Gasteiger partial charge in [0.2, 0.25) is 0 Å². The maximum Gasteiger partial charge on any atom is 0.336 e. The van der Waals surface area contributed by atoms with E-state index in [9.17, 15) is 24.8 Å². The second kappa shape index (κ2) is 10.2. The summed E-state index contributed by atoms with van der Waals surface area (Å²) in [5.74, 6) is -1.92. The molecule has 0 atom stereocenters. The summed E-state index contributed by atoms with van der Waals surface area (Å²) < 4.78 is 10.3. The van der Waals surface area contributed by atoms with Crippen LogP contribution in [0.5, 0.6) is 0 Å². The zero-order valence-corrected chi connectivity index (χ0v) is 16.6. The summed E-state index contributed by atoms with van der Waals surface area (Å²) in [7, 11) is 1.42. The first-order valence-electron chi connectivity index (χ1n) is 9.10. The molecule has 1 heterocycles. The molecular weight excluding hydrogens is 394 g/mol. The van der Waals surface area contributed by atoms with Crippen LogP contribution in [0.1, 0.15) is 26.2 Å². The smallest absolute Gasteiger partial charge is 0.336 e. The van der Waals surface area contributed by atoms with Gasteiger partial charge in [0.05, 0.1) is 40.9 Å². The van der Waals surface area contributed by atoms with Crippen molar-refractivity contribution in [2.75, 3.05) is 25.2 Å². The SMILES string of the molecule is CCC1=C(C(=O)OCCC#N)CC(C(=O)O)=C(COC)N1c1ccc([N+](=O)[O-])cc1. The lowest BCUT2D eigenvalue weighted by molar-refractivity contribution is -0.384. The standard InChI is InChI=1S/C20H21N3O7/c1-3-17-16(20(26)30-10-4-9-21)11-15(19(24)25)18(12-29-2)22(17)13-5-7-14(8-6-13)23(27)28/h5-8H,3-4,10-12H2,1-2H3,(H,24,25). The van der Waals surface area contributed by atoms with E-state index >= 15 is 0 Å². The maximum absolute atomic E-state index is 12.6. The molecule has 30 heavy (non-hydrogen) atoms. The zero-order chi connectivity index (χ0) is 22.3. The molecule has 10 nitrogen and oxygen atoms in total. The number of benzene rings is 1. The number of nitro groups is 1. The van der Waals surface area contributed by atoms with E-state index in [0.717, 1.165) is 0 Å². The summed E-state index contributed by atoms with van der Waals surface area (Å²) >= 11 is 0. The Morgan fingerprint density at radius 2 is 1.93 bits per heavy atom. The number of carbonyl (C=O) groups excluding carboxylic acids is 1. The van der Waals surface area contributed by atoms with Crippen molar-refractivity contribution in [1.29, 1.82) is 5.26 Å². The van der Waals surface area contributed by atoms with E-state index in [1.165, 1.54) is 31.4 Å². The highest BCUT2D eigenvalue weighted by molar-refractivity contribution is 5.98. The van der Waals surface area contributed by atoms with Crippen LogP contribution in [0.2, 0.25) is 0 Å². The van der Waals surface area contributed by atoms with Gasteiger partial charge in [0.25, 0.3) is 5.69 Å². The summed E-state index contributed by atoms with van der Waals surface area (Å²) in [6.45, 7) is 1.65. The number of anilines is 1. The van der Waals surface area contributed by atoms with Crippen LogP contribution in [0.4, 0.5) is 11.4 Å². The first-order chi connectivity index (χ1) is 14.3. The van der Waals surface area contributed by atoms with Gasteiger partial charge in [0.1, 0.15) is 6.61 Å². The molecule has 0 aliphatic carbocycles. The lowest BCUT2D eigenvalue weighted by Crippen LogP contribution is -2.34. The number of ether oxygens (including phenoxy) is 2.